The number of thioether (sulfide) groups is 1. The monoisotopic (exact) mass is 265 g/mol. The zero-order valence-corrected chi connectivity index (χ0v) is 12.4. The number of hydrogen-bond acceptors (Lipinski definition) is 3. The van der Waals surface area contributed by atoms with Gasteiger partial charge in [0, 0.05) is 11.4 Å². The van der Waals surface area contributed by atoms with Crippen molar-refractivity contribution in [2.24, 2.45) is 0 Å². The Bertz CT molecular complexity index is 400. The van der Waals surface area contributed by atoms with E-state index in [1.54, 1.807) is 7.11 Å². The minimum absolute atomic E-state index is 0.640. The molecule has 18 heavy (non-hydrogen) atoms. The van der Waals surface area contributed by atoms with Crippen LogP contribution >= 0.6 is 11.8 Å². The van der Waals surface area contributed by atoms with Crippen LogP contribution in [0.5, 0.6) is 5.75 Å². The Kier molecular flexibility index (Phi) is 4.95. The summed E-state index contributed by atoms with van der Waals surface area (Å²) in [4.78, 5) is 1.42. The second-order valence-electron chi connectivity index (χ2n) is 4.80. The highest BCUT2D eigenvalue weighted by Gasteiger charge is 2.20. The van der Waals surface area contributed by atoms with Crippen LogP contribution in [0, 0.1) is 0 Å². The van der Waals surface area contributed by atoms with Crippen LogP contribution in [-0.4, -0.2) is 26.5 Å². The van der Waals surface area contributed by atoms with E-state index in [2.05, 4.69) is 30.6 Å². The lowest BCUT2D eigenvalue weighted by molar-refractivity contribution is 0.405. The molecule has 1 aromatic rings. The average Bonchev–Trinajstić information content (AvgIpc) is 2.46. The van der Waals surface area contributed by atoms with E-state index in [4.69, 9.17) is 4.74 Å². The molecule has 2 nitrogen and oxygen atoms in total. The molecule has 0 saturated carbocycles. The van der Waals surface area contributed by atoms with E-state index >= 15 is 0 Å². The molecule has 3 heteroatoms. The van der Waals surface area contributed by atoms with E-state index in [-0.39, 0.29) is 0 Å². The Balaban J connectivity index is 2.37. The summed E-state index contributed by atoms with van der Waals surface area (Å²) in [5, 5.41) is 3.50. The summed E-state index contributed by atoms with van der Waals surface area (Å²) in [5.41, 5.74) is 2.78. The van der Waals surface area contributed by atoms with E-state index in [1.165, 1.54) is 28.9 Å². The van der Waals surface area contributed by atoms with E-state index in [0.29, 0.717) is 5.92 Å². The standard InChI is InChI=1S/C15H23NOS/c1-4-11-8-15(18-3)13(9-14(11)17-2)12-6-5-7-16-10-12/h8-9,12,16H,4-7,10H2,1-3H3. The summed E-state index contributed by atoms with van der Waals surface area (Å²) in [6.07, 6.45) is 5.76. The topological polar surface area (TPSA) is 21.3 Å². The van der Waals surface area contributed by atoms with Crippen molar-refractivity contribution in [3.05, 3.63) is 23.3 Å². The van der Waals surface area contributed by atoms with Gasteiger partial charge < -0.3 is 10.1 Å². The number of piperidine rings is 1. The molecule has 1 aromatic carbocycles. The van der Waals surface area contributed by atoms with Crippen molar-refractivity contribution in [1.82, 2.24) is 5.32 Å². The molecule has 1 heterocycles. The maximum atomic E-state index is 5.54. The third-order valence-corrected chi connectivity index (χ3v) is 4.54. The van der Waals surface area contributed by atoms with Crippen molar-refractivity contribution < 1.29 is 4.74 Å². The number of rotatable bonds is 4. The summed E-state index contributed by atoms with van der Waals surface area (Å²) < 4.78 is 5.54. The zero-order chi connectivity index (χ0) is 13.0. The molecule has 1 N–H and O–H groups in total. The van der Waals surface area contributed by atoms with Crippen LogP contribution in [0.15, 0.2) is 17.0 Å². The van der Waals surface area contributed by atoms with E-state index < -0.39 is 0 Å². The van der Waals surface area contributed by atoms with Crippen LogP contribution in [0.1, 0.15) is 36.8 Å². The van der Waals surface area contributed by atoms with Crippen LogP contribution in [0.4, 0.5) is 0 Å². The fraction of sp³-hybridized carbons (Fsp3) is 0.600. The van der Waals surface area contributed by atoms with Crippen molar-refractivity contribution in [3.8, 4) is 5.75 Å². The molecule has 0 spiro atoms. The lowest BCUT2D eigenvalue weighted by Crippen LogP contribution is -2.28. The first-order valence-corrected chi connectivity index (χ1v) is 7.98. The molecule has 1 aliphatic rings. The summed E-state index contributed by atoms with van der Waals surface area (Å²) in [6, 6.07) is 4.58. The highest BCUT2D eigenvalue weighted by molar-refractivity contribution is 7.98. The second kappa shape index (κ2) is 6.48. The summed E-state index contributed by atoms with van der Waals surface area (Å²) >= 11 is 1.85. The number of methoxy groups -OCH3 is 1. The van der Waals surface area contributed by atoms with Gasteiger partial charge in [0.2, 0.25) is 0 Å². The molecule has 0 radical (unpaired) electrons. The molecule has 0 bridgehead atoms. The molecule has 1 unspecified atom stereocenters. The Hall–Kier alpha value is -0.670. The number of aryl methyl sites for hydroxylation is 1. The van der Waals surface area contributed by atoms with Gasteiger partial charge in [-0.05, 0) is 61.2 Å². The zero-order valence-electron chi connectivity index (χ0n) is 11.6. The molecule has 0 aliphatic carbocycles. The molecular formula is C15H23NOS. The minimum atomic E-state index is 0.640. The van der Waals surface area contributed by atoms with Gasteiger partial charge in [0.25, 0.3) is 0 Å². The largest absolute Gasteiger partial charge is 0.496 e. The normalized spacial score (nSPS) is 19.8. The lowest BCUT2D eigenvalue weighted by Gasteiger charge is -2.26. The second-order valence-corrected chi connectivity index (χ2v) is 5.65. The quantitative estimate of drug-likeness (QED) is 0.843. The summed E-state index contributed by atoms with van der Waals surface area (Å²) in [6.45, 7) is 4.45. The smallest absolute Gasteiger partial charge is 0.122 e. The Morgan fingerprint density at radius 3 is 2.83 bits per heavy atom. The Morgan fingerprint density at radius 1 is 1.44 bits per heavy atom. The first-order chi connectivity index (χ1) is 8.80. The predicted molar refractivity (Wildman–Crippen MR) is 79.0 cm³/mol. The van der Waals surface area contributed by atoms with Crippen LogP contribution in [0.3, 0.4) is 0 Å². The molecule has 1 fully saturated rings. The fourth-order valence-corrected chi connectivity index (χ4v) is 3.42. The van der Waals surface area contributed by atoms with Crippen LogP contribution in [-0.2, 0) is 6.42 Å². The van der Waals surface area contributed by atoms with Crippen molar-refractivity contribution >= 4 is 11.8 Å². The van der Waals surface area contributed by atoms with Crippen LogP contribution in [0.2, 0.25) is 0 Å². The van der Waals surface area contributed by atoms with Crippen molar-refractivity contribution in [2.75, 3.05) is 26.5 Å². The molecule has 1 atom stereocenters. The Morgan fingerprint density at radius 2 is 2.28 bits per heavy atom. The molecule has 1 saturated heterocycles. The van der Waals surface area contributed by atoms with Gasteiger partial charge in [-0.3, -0.25) is 0 Å². The molecule has 1 aliphatic heterocycles. The van der Waals surface area contributed by atoms with Gasteiger partial charge in [-0.1, -0.05) is 6.92 Å². The van der Waals surface area contributed by atoms with Gasteiger partial charge >= 0.3 is 0 Å². The van der Waals surface area contributed by atoms with Crippen LogP contribution in [0.25, 0.3) is 0 Å². The highest BCUT2D eigenvalue weighted by Crippen LogP contribution is 2.36. The van der Waals surface area contributed by atoms with Crippen molar-refractivity contribution in [3.63, 3.8) is 0 Å². The van der Waals surface area contributed by atoms with Crippen molar-refractivity contribution in [1.29, 1.82) is 0 Å². The number of ether oxygens (including phenoxy) is 1. The van der Waals surface area contributed by atoms with Gasteiger partial charge in [0.05, 0.1) is 7.11 Å². The Labute approximate surface area is 114 Å². The summed E-state index contributed by atoms with van der Waals surface area (Å²) in [7, 11) is 1.77. The highest BCUT2D eigenvalue weighted by atomic mass is 32.2. The van der Waals surface area contributed by atoms with E-state index in [0.717, 1.165) is 25.3 Å². The first-order valence-electron chi connectivity index (χ1n) is 6.75. The fourth-order valence-electron chi connectivity index (χ4n) is 2.70. The number of benzene rings is 1. The SMILES string of the molecule is CCc1cc(SC)c(C2CCCNC2)cc1OC. The maximum Gasteiger partial charge on any atom is 0.122 e. The van der Waals surface area contributed by atoms with Gasteiger partial charge in [0.15, 0.2) is 0 Å². The molecular weight excluding hydrogens is 242 g/mol. The van der Waals surface area contributed by atoms with Gasteiger partial charge in [-0.15, -0.1) is 11.8 Å². The summed E-state index contributed by atoms with van der Waals surface area (Å²) in [5.74, 6) is 1.69. The molecule has 100 valence electrons. The lowest BCUT2D eigenvalue weighted by atomic mass is 9.90. The van der Waals surface area contributed by atoms with E-state index in [9.17, 15) is 0 Å². The molecule has 0 aromatic heterocycles. The number of nitrogens with one attached hydrogen (secondary N) is 1. The van der Waals surface area contributed by atoms with Crippen LogP contribution < -0.4 is 10.1 Å². The first kappa shape index (κ1) is 13.8. The average molecular weight is 265 g/mol. The third-order valence-electron chi connectivity index (χ3n) is 3.75. The maximum absolute atomic E-state index is 5.54. The predicted octanol–water partition coefficient (Wildman–Crippen LogP) is 3.45. The minimum Gasteiger partial charge on any atom is -0.496 e. The van der Waals surface area contributed by atoms with Gasteiger partial charge in [-0.2, -0.15) is 0 Å². The van der Waals surface area contributed by atoms with Gasteiger partial charge in [0.1, 0.15) is 5.75 Å². The third kappa shape index (κ3) is 2.83. The van der Waals surface area contributed by atoms with Crippen molar-refractivity contribution in [2.45, 2.75) is 37.0 Å². The molecule has 0 amide bonds. The molecule has 2 rings (SSSR count). The van der Waals surface area contributed by atoms with E-state index in [1.807, 2.05) is 11.8 Å². The number of hydrogen-bond donors (Lipinski definition) is 1. The van der Waals surface area contributed by atoms with Gasteiger partial charge in [-0.25, -0.2) is 0 Å².